The molecule has 2 aliphatic rings. The highest BCUT2D eigenvalue weighted by atomic mass is 16.7. The second-order valence-electron chi connectivity index (χ2n) is 6.63. The van der Waals surface area contributed by atoms with Gasteiger partial charge < -0.3 is 19.5 Å². The molecule has 25 heavy (non-hydrogen) atoms. The molecule has 2 saturated heterocycles. The first kappa shape index (κ1) is 17.9. The Bertz CT molecular complexity index is 585. The van der Waals surface area contributed by atoms with Gasteiger partial charge in [0.15, 0.2) is 0 Å². The van der Waals surface area contributed by atoms with Crippen LogP contribution in [-0.2, 0) is 25.5 Å². The molecule has 2 aliphatic heterocycles. The van der Waals surface area contributed by atoms with E-state index in [0.29, 0.717) is 26.0 Å². The standard InChI is InChI=1S/C19H25NO5/c21-16(13-14-7-2-1-3-8-14)18(22)20-11-6-9-15(20)19(23)25-17-10-4-5-12-24-17/h1-3,7-8,15-17,21H,4-6,9-13H2/t15-,16+,17?/m0/s1. The molecule has 1 N–H and O–H groups in total. The third kappa shape index (κ3) is 4.58. The minimum Gasteiger partial charge on any atom is -0.434 e. The van der Waals surface area contributed by atoms with Gasteiger partial charge in [0, 0.05) is 19.4 Å². The van der Waals surface area contributed by atoms with Crippen molar-refractivity contribution in [1.29, 1.82) is 0 Å². The first-order valence-corrected chi connectivity index (χ1v) is 9.00. The molecule has 1 amide bonds. The molecule has 0 bridgehead atoms. The number of ether oxygens (including phenoxy) is 2. The van der Waals surface area contributed by atoms with E-state index in [-0.39, 0.29) is 6.42 Å². The highest BCUT2D eigenvalue weighted by molar-refractivity contribution is 5.87. The average Bonchev–Trinajstić information content (AvgIpc) is 3.12. The third-order valence-electron chi connectivity index (χ3n) is 4.75. The van der Waals surface area contributed by atoms with Crippen molar-refractivity contribution in [3.05, 3.63) is 35.9 Å². The van der Waals surface area contributed by atoms with E-state index in [2.05, 4.69) is 0 Å². The quantitative estimate of drug-likeness (QED) is 0.820. The topological polar surface area (TPSA) is 76.1 Å². The Balaban J connectivity index is 1.57. The Morgan fingerprint density at radius 2 is 2.00 bits per heavy atom. The molecule has 2 fully saturated rings. The number of carbonyl (C=O) groups excluding carboxylic acids is 2. The van der Waals surface area contributed by atoms with Gasteiger partial charge in [0.1, 0.15) is 12.1 Å². The number of aliphatic hydroxyl groups excluding tert-OH is 1. The molecule has 136 valence electrons. The van der Waals surface area contributed by atoms with Crippen LogP contribution < -0.4 is 0 Å². The molecule has 1 aromatic rings. The molecule has 2 heterocycles. The van der Waals surface area contributed by atoms with Gasteiger partial charge in [0.25, 0.3) is 5.91 Å². The molecule has 0 saturated carbocycles. The first-order chi connectivity index (χ1) is 12.1. The number of amides is 1. The second-order valence-corrected chi connectivity index (χ2v) is 6.63. The van der Waals surface area contributed by atoms with Crippen molar-refractivity contribution in [2.75, 3.05) is 13.2 Å². The number of hydrogen-bond acceptors (Lipinski definition) is 5. The molecule has 6 nitrogen and oxygen atoms in total. The lowest BCUT2D eigenvalue weighted by molar-refractivity contribution is -0.192. The van der Waals surface area contributed by atoms with Crippen molar-refractivity contribution < 1.29 is 24.2 Å². The summed E-state index contributed by atoms with van der Waals surface area (Å²) in [5.74, 6) is -0.836. The largest absolute Gasteiger partial charge is 0.434 e. The van der Waals surface area contributed by atoms with Gasteiger partial charge in [-0.3, -0.25) is 4.79 Å². The van der Waals surface area contributed by atoms with E-state index in [1.54, 1.807) is 0 Å². The Morgan fingerprint density at radius 1 is 1.20 bits per heavy atom. The van der Waals surface area contributed by atoms with Crippen LogP contribution in [0.5, 0.6) is 0 Å². The van der Waals surface area contributed by atoms with Crippen LogP contribution in [0.1, 0.15) is 37.7 Å². The molecule has 6 heteroatoms. The van der Waals surface area contributed by atoms with E-state index < -0.39 is 30.3 Å². The summed E-state index contributed by atoms with van der Waals surface area (Å²) >= 11 is 0. The molecule has 1 unspecified atom stereocenters. The van der Waals surface area contributed by atoms with Crippen molar-refractivity contribution in [1.82, 2.24) is 4.90 Å². The second kappa shape index (κ2) is 8.45. The van der Waals surface area contributed by atoms with Crippen LogP contribution in [0.2, 0.25) is 0 Å². The van der Waals surface area contributed by atoms with Gasteiger partial charge in [-0.05, 0) is 31.2 Å². The number of rotatable bonds is 5. The number of hydrogen-bond donors (Lipinski definition) is 1. The van der Waals surface area contributed by atoms with Crippen LogP contribution in [0.15, 0.2) is 30.3 Å². The fourth-order valence-electron chi connectivity index (χ4n) is 3.40. The van der Waals surface area contributed by atoms with Crippen LogP contribution in [0.4, 0.5) is 0 Å². The molecule has 1 aromatic carbocycles. The lowest BCUT2D eigenvalue weighted by atomic mass is 10.1. The Hall–Kier alpha value is -1.92. The molecular formula is C19H25NO5. The SMILES string of the molecule is O=C(OC1CCCCO1)[C@@H]1CCCN1C(=O)[C@H](O)Cc1ccccc1. The summed E-state index contributed by atoms with van der Waals surface area (Å²) in [5, 5.41) is 10.3. The van der Waals surface area contributed by atoms with E-state index in [1.165, 1.54) is 4.90 Å². The third-order valence-corrected chi connectivity index (χ3v) is 4.75. The molecular weight excluding hydrogens is 322 g/mol. The van der Waals surface area contributed by atoms with Crippen molar-refractivity contribution in [3.63, 3.8) is 0 Å². The van der Waals surface area contributed by atoms with Gasteiger partial charge in [-0.25, -0.2) is 4.79 Å². The minimum atomic E-state index is -1.15. The molecule has 0 aromatic heterocycles. The fraction of sp³-hybridized carbons (Fsp3) is 0.579. The van der Waals surface area contributed by atoms with Gasteiger partial charge >= 0.3 is 5.97 Å². The number of likely N-dealkylation sites (tertiary alicyclic amines) is 1. The summed E-state index contributed by atoms with van der Waals surface area (Å²) in [5.41, 5.74) is 0.886. The van der Waals surface area contributed by atoms with Crippen LogP contribution in [-0.4, -0.2) is 53.5 Å². The predicted octanol–water partition coefficient (Wildman–Crippen LogP) is 1.65. The van der Waals surface area contributed by atoms with Gasteiger partial charge in [0.2, 0.25) is 6.29 Å². The minimum absolute atomic E-state index is 0.240. The maximum Gasteiger partial charge on any atom is 0.331 e. The summed E-state index contributed by atoms with van der Waals surface area (Å²) < 4.78 is 10.9. The highest BCUT2D eigenvalue weighted by Crippen LogP contribution is 2.23. The predicted molar refractivity (Wildman–Crippen MR) is 90.6 cm³/mol. The van der Waals surface area contributed by atoms with Crippen molar-refractivity contribution in [2.45, 2.75) is 57.0 Å². The summed E-state index contributed by atoms with van der Waals surface area (Å²) in [6, 6.07) is 8.74. The van der Waals surface area contributed by atoms with Gasteiger partial charge in [-0.15, -0.1) is 0 Å². The lowest BCUT2D eigenvalue weighted by Crippen LogP contribution is -2.47. The van der Waals surface area contributed by atoms with E-state index >= 15 is 0 Å². The van der Waals surface area contributed by atoms with Crippen molar-refractivity contribution in [2.24, 2.45) is 0 Å². The molecule has 3 rings (SSSR count). The van der Waals surface area contributed by atoms with Crippen LogP contribution in [0, 0.1) is 0 Å². The van der Waals surface area contributed by atoms with Gasteiger partial charge in [-0.2, -0.15) is 0 Å². The maximum atomic E-state index is 12.6. The van der Waals surface area contributed by atoms with Crippen molar-refractivity contribution >= 4 is 11.9 Å². The van der Waals surface area contributed by atoms with E-state index in [9.17, 15) is 14.7 Å². The number of nitrogens with zero attached hydrogens (tertiary/aromatic N) is 1. The zero-order valence-corrected chi connectivity index (χ0v) is 14.3. The number of carbonyl (C=O) groups is 2. The van der Waals surface area contributed by atoms with Gasteiger partial charge in [-0.1, -0.05) is 30.3 Å². The van der Waals surface area contributed by atoms with E-state index in [0.717, 1.165) is 24.8 Å². The monoisotopic (exact) mass is 347 g/mol. The maximum absolute atomic E-state index is 12.6. The average molecular weight is 347 g/mol. The zero-order valence-electron chi connectivity index (χ0n) is 14.3. The fourth-order valence-corrected chi connectivity index (χ4v) is 3.40. The number of benzene rings is 1. The van der Waals surface area contributed by atoms with Gasteiger partial charge in [0.05, 0.1) is 6.61 Å². The Labute approximate surface area is 147 Å². The van der Waals surface area contributed by atoms with E-state index in [1.807, 2.05) is 30.3 Å². The summed E-state index contributed by atoms with van der Waals surface area (Å²) in [4.78, 5) is 26.5. The molecule has 0 radical (unpaired) electrons. The smallest absolute Gasteiger partial charge is 0.331 e. The van der Waals surface area contributed by atoms with Crippen LogP contribution in [0.3, 0.4) is 0 Å². The normalized spacial score (nSPS) is 24.8. The summed E-state index contributed by atoms with van der Waals surface area (Å²) in [6.07, 6.45) is 2.53. The lowest BCUT2D eigenvalue weighted by Gasteiger charge is -2.28. The first-order valence-electron chi connectivity index (χ1n) is 9.00. The molecule has 0 spiro atoms. The van der Waals surface area contributed by atoms with E-state index in [4.69, 9.17) is 9.47 Å². The Kier molecular flexibility index (Phi) is 6.04. The molecule has 0 aliphatic carbocycles. The highest BCUT2D eigenvalue weighted by Gasteiger charge is 2.38. The number of aliphatic hydroxyl groups is 1. The van der Waals surface area contributed by atoms with Crippen LogP contribution >= 0.6 is 0 Å². The number of esters is 1. The summed E-state index contributed by atoms with van der Waals surface area (Å²) in [6.45, 7) is 1.07. The van der Waals surface area contributed by atoms with Crippen LogP contribution in [0.25, 0.3) is 0 Å². The van der Waals surface area contributed by atoms with Crippen molar-refractivity contribution in [3.8, 4) is 0 Å². The summed E-state index contributed by atoms with van der Waals surface area (Å²) in [7, 11) is 0. The zero-order chi connectivity index (χ0) is 17.6. The molecule has 3 atom stereocenters. The Morgan fingerprint density at radius 3 is 2.72 bits per heavy atom.